The number of methoxy groups -OCH3 is 1. The molecule has 0 fully saturated rings. The summed E-state index contributed by atoms with van der Waals surface area (Å²) in [5.41, 5.74) is 5.76. The molecule has 4 rings (SSSR count). The molecule has 1 aliphatic carbocycles. The lowest BCUT2D eigenvalue weighted by molar-refractivity contribution is 0.0959. The first kappa shape index (κ1) is 19.2. The van der Waals surface area contributed by atoms with Gasteiger partial charge in [-0.05, 0) is 43.2 Å². The minimum atomic E-state index is 0.0403. The number of ether oxygens (including phenoxy) is 1. The molecule has 0 saturated heterocycles. The molecular weight excluding hydrogens is 393 g/mol. The Kier molecular flexibility index (Phi) is 5.28. The second-order valence-electron chi connectivity index (χ2n) is 7.01. The zero-order valence-corrected chi connectivity index (χ0v) is 17.5. The highest BCUT2D eigenvalue weighted by atomic mass is 35.5. The number of halogens is 2. The lowest BCUT2D eigenvalue weighted by Crippen LogP contribution is -2.24. The standard InChI is InChI=1S/C22H21Cl2N3O/c1-12-20(17-9-8-15(23)11-18(17)24)25-13(2)22(26-12)27-21-16-7-5-4-6-14(16)10-19(21)28-3/h4-9,11,19,21H,10H2,1-3H3,(H,26,27)/t19-,21+/m0/s1. The number of benzene rings is 2. The minimum absolute atomic E-state index is 0.0403. The summed E-state index contributed by atoms with van der Waals surface area (Å²) < 4.78 is 5.73. The van der Waals surface area contributed by atoms with Gasteiger partial charge in [0, 0.05) is 24.1 Å². The van der Waals surface area contributed by atoms with E-state index in [2.05, 4.69) is 29.6 Å². The molecule has 0 spiro atoms. The van der Waals surface area contributed by atoms with E-state index in [4.69, 9.17) is 37.9 Å². The summed E-state index contributed by atoms with van der Waals surface area (Å²) in [5.74, 6) is 0.759. The van der Waals surface area contributed by atoms with Crippen LogP contribution in [0.25, 0.3) is 11.3 Å². The first-order valence-electron chi connectivity index (χ1n) is 9.15. The Morgan fingerprint density at radius 1 is 1.04 bits per heavy atom. The van der Waals surface area contributed by atoms with Crippen LogP contribution in [0.15, 0.2) is 42.5 Å². The molecule has 2 aromatic carbocycles. The third kappa shape index (κ3) is 3.48. The normalized spacial score (nSPS) is 18.2. The smallest absolute Gasteiger partial charge is 0.148 e. The minimum Gasteiger partial charge on any atom is -0.379 e. The summed E-state index contributed by atoms with van der Waals surface area (Å²) in [5, 5.41) is 4.72. The molecule has 0 aliphatic heterocycles. The van der Waals surface area contributed by atoms with Crippen LogP contribution >= 0.6 is 23.2 Å². The van der Waals surface area contributed by atoms with Gasteiger partial charge in [0.05, 0.1) is 34.3 Å². The zero-order valence-electron chi connectivity index (χ0n) is 16.0. The summed E-state index contributed by atoms with van der Waals surface area (Å²) in [6.07, 6.45) is 0.943. The maximum Gasteiger partial charge on any atom is 0.148 e. The molecule has 6 heteroatoms. The lowest BCUT2D eigenvalue weighted by Gasteiger charge is -2.23. The van der Waals surface area contributed by atoms with E-state index in [1.807, 2.05) is 26.0 Å². The lowest BCUT2D eigenvalue weighted by atomic mass is 10.1. The number of anilines is 1. The van der Waals surface area contributed by atoms with E-state index in [0.29, 0.717) is 10.0 Å². The van der Waals surface area contributed by atoms with E-state index in [0.717, 1.165) is 34.9 Å². The van der Waals surface area contributed by atoms with Crippen molar-refractivity contribution < 1.29 is 4.74 Å². The highest BCUT2D eigenvalue weighted by Gasteiger charge is 2.33. The molecule has 1 aromatic heterocycles. The summed E-state index contributed by atoms with van der Waals surface area (Å²) in [7, 11) is 1.75. The molecule has 1 aliphatic rings. The third-order valence-electron chi connectivity index (χ3n) is 5.21. The van der Waals surface area contributed by atoms with Gasteiger partial charge in [0.2, 0.25) is 0 Å². The van der Waals surface area contributed by atoms with Gasteiger partial charge in [-0.15, -0.1) is 0 Å². The van der Waals surface area contributed by atoms with Gasteiger partial charge < -0.3 is 10.1 Å². The van der Waals surface area contributed by atoms with Gasteiger partial charge in [-0.1, -0.05) is 47.5 Å². The second kappa shape index (κ2) is 7.70. The molecule has 4 nitrogen and oxygen atoms in total. The van der Waals surface area contributed by atoms with E-state index < -0.39 is 0 Å². The van der Waals surface area contributed by atoms with Gasteiger partial charge in [0.15, 0.2) is 0 Å². The molecule has 0 radical (unpaired) electrons. The van der Waals surface area contributed by atoms with Crippen molar-refractivity contribution in [2.24, 2.45) is 0 Å². The Bertz CT molecular complexity index is 1040. The van der Waals surface area contributed by atoms with Crippen LogP contribution in [0.3, 0.4) is 0 Å². The van der Waals surface area contributed by atoms with Crippen LogP contribution in [0.2, 0.25) is 10.0 Å². The number of hydrogen-bond donors (Lipinski definition) is 1. The van der Waals surface area contributed by atoms with Gasteiger partial charge in [-0.3, -0.25) is 0 Å². The molecule has 0 saturated carbocycles. The molecule has 3 aromatic rings. The molecule has 1 heterocycles. The van der Waals surface area contributed by atoms with Crippen molar-refractivity contribution in [3.05, 3.63) is 75.0 Å². The Morgan fingerprint density at radius 3 is 2.57 bits per heavy atom. The maximum absolute atomic E-state index is 6.38. The van der Waals surface area contributed by atoms with E-state index in [-0.39, 0.29) is 12.1 Å². The fourth-order valence-electron chi connectivity index (χ4n) is 3.77. The number of aromatic nitrogens is 2. The first-order valence-corrected chi connectivity index (χ1v) is 9.91. The van der Waals surface area contributed by atoms with Gasteiger partial charge in [-0.2, -0.15) is 0 Å². The van der Waals surface area contributed by atoms with Gasteiger partial charge in [0.25, 0.3) is 0 Å². The highest BCUT2D eigenvalue weighted by Crippen LogP contribution is 2.37. The van der Waals surface area contributed by atoms with Crippen LogP contribution in [0.4, 0.5) is 5.82 Å². The number of aryl methyl sites for hydroxylation is 2. The quantitative estimate of drug-likeness (QED) is 0.587. The van der Waals surface area contributed by atoms with Gasteiger partial charge >= 0.3 is 0 Å². The Balaban J connectivity index is 1.69. The van der Waals surface area contributed by atoms with Crippen LogP contribution < -0.4 is 5.32 Å². The fourth-order valence-corrected chi connectivity index (χ4v) is 4.27. The van der Waals surface area contributed by atoms with Gasteiger partial charge in [0.1, 0.15) is 5.82 Å². The Morgan fingerprint density at radius 2 is 1.82 bits per heavy atom. The Hall–Kier alpha value is -2.14. The summed E-state index contributed by atoms with van der Waals surface area (Å²) in [6.45, 7) is 3.89. The van der Waals surface area contributed by atoms with Crippen molar-refractivity contribution in [1.29, 1.82) is 0 Å². The topological polar surface area (TPSA) is 47.0 Å². The zero-order chi connectivity index (χ0) is 19.8. The number of nitrogens with zero attached hydrogens (tertiary/aromatic N) is 2. The summed E-state index contributed by atoms with van der Waals surface area (Å²) >= 11 is 12.4. The third-order valence-corrected chi connectivity index (χ3v) is 5.76. The Labute approximate surface area is 174 Å². The number of nitrogens with one attached hydrogen (secondary N) is 1. The molecule has 2 atom stereocenters. The van der Waals surface area contributed by atoms with Crippen LogP contribution in [0.1, 0.15) is 28.6 Å². The predicted octanol–water partition coefficient (Wildman–Crippen LogP) is 5.79. The summed E-state index contributed by atoms with van der Waals surface area (Å²) in [4.78, 5) is 9.59. The average molecular weight is 414 g/mol. The summed E-state index contributed by atoms with van der Waals surface area (Å²) in [6, 6.07) is 13.9. The largest absolute Gasteiger partial charge is 0.379 e. The molecule has 0 amide bonds. The highest BCUT2D eigenvalue weighted by molar-refractivity contribution is 6.36. The van der Waals surface area contributed by atoms with Crippen molar-refractivity contribution >= 4 is 29.0 Å². The van der Waals surface area contributed by atoms with E-state index >= 15 is 0 Å². The predicted molar refractivity (Wildman–Crippen MR) is 114 cm³/mol. The SMILES string of the molecule is CO[C@H]1Cc2ccccc2[C@H]1Nc1nc(C)c(-c2ccc(Cl)cc2Cl)nc1C. The maximum atomic E-state index is 6.38. The van der Waals surface area contributed by atoms with Crippen LogP contribution in [-0.4, -0.2) is 23.2 Å². The van der Waals surface area contributed by atoms with E-state index in [1.165, 1.54) is 11.1 Å². The van der Waals surface area contributed by atoms with E-state index in [9.17, 15) is 0 Å². The van der Waals surface area contributed by atoms with Crippen LogP contribution in [0.5, 0.6) is 0 Å². The fraction of sp³-hybridized carbons (Fsp3) is 0.273. The number of rotatable bonds is 4. The molecule has 0 unspecified atom stereocenters. The molecular formula is C22H21Cl2N3O. The van der Waals surface area contributed by atoms with Crippen molar-refractivity contribution in [1.82, 2.24) is 9.97 Å². The van der Waals surface area contributed by atoms with Crippen molar-refractivity contribution in [3.63, 3.8) is 0 Å². The van der Waals surface area contributed by atoms with Crippen molar-refractivity contribution in [3.8, 4) is 11.3 Å². The average Bonchev–Trinajstić information content (AvgIpc) is 3.02. The first-order chi connectivity index (χ1) is 13.5. The van der Waals surface area contributed by atoms with Crippen LogP contribution in [-0.2, 0) is 11.2 Å². The van der Waals surface area contributed by atoms with Crippen LogP contribution in [0, 0.1) is 13.8 Å². The number of hydrogen-bond acceptors (Lipinski definition) is 4. The van der Waals surface area contributed by atoms with Gasteiger partial charge in [-0.25, -0.2) is 9.97 Å². The molecule has 1 N–H and O–H groups in total. The second-order valence-corrected chi connectivity index (χ2v) is 7.86. The monoisotopic (exact) mass is 413 g/mol. The van der Waals surface area contributed by atoms with Crippen molar-refractivity contribution in [2.75, 3.05) is 12.4 Å². The number of fused-ring (bicyclic) bond motifs is 1. The molecule has 28 heavy (non-hydrogen) atoms. The molecule has 0 bridgehead atoms. The molecule has 144 valence electrons. The van der Waals surface area contributed by atoms with E-state index in [1.54, 1.807) is 13.2 Å². The van der Waals surface area contributed by atoms with Crippen molar-refractivity contribution in [2.45, 2.75) is 32.4 Å².